The Morgan fingerprint density at radius 3 is 2.48 bits per heavy atom. The summed E-state index contributed by atoms with van der Waals surface area (Å²) in [6.07, 6.45) is 1.09. The molecule has 0 radical (unpaired) electrons. The predicted octanol–water partition coefficient (Wildman–Crippen LogP) is 0.284. The molecule has 0 spiro atoms. The van der Waals surface area contributed by atoms with Crippen LogP contribution in [0.2, 0.25) is 0 Å². The van der Waals surface area contributed by atoms with Crippen LogP contribution in [0.1, 0.15) is 6.42 Å². The van der Waals surface area contributed by atoms with Crippen LogP contribution in [-0.2, 0) is 9.59 Å². The molecule has 0 bridgehead atoms. The van der Waals surface area contributed by atoms with Crippen LogP contribution in [0.3, 0.4) is 0 Å². The number of nitrogens with zero attached hydrogens (tertiary/aromatic N) is 3. The van der Waals surface area contributed by atoms with Crippen molar-refractivity contribution in [2.45, 2.75) is 12.5 Å². The number of ether oxygens (including phenoxy) is 1. The van der Waals surface area contributed by atoms with Gasteiger partial charge in [0.05, 0.1) is 13.2 Å². The smallest absolute Gasteiger partial charge is 0.317 e. The van der Waals surface area contributed by atoms with Crippen LogP contribution in [0.4, 0.5) is 10.5 Å². The van der Waals surface area contributed by atoms with Crippen LogP contribution in [0.25, 0.3) is 0 Å². The second-order valence-corrected chi connectivity index (χ2v) is 6.18. The summed E-state index contributed by atoms with van der Waals surface area (Å²) in [6, 6.07) is 6.88. The number of carbonyl (C=O) groups is 3. The largest absolute Gasteiger partial charge is 0.497 e. The number of piperazine rings is 1. The van der Waals surface area contributed by atoms with Crippen molar-refractivity contribution in [3.8, 4) is 5.75 Å². The first-order valence-electron chi connectivity index (χ1n) is 8.30. The first-order chi connectivity index (χ1) is 12.1. The van der Waals surface area contributed by atoms with E-state index in [0.29, 0.717) is 32.7 Å². The van der Waals surface area contributed by atoms with E-state index in [0.717, 1.165) is 17.8 Å². The SMILES string of the molecule is COc1ccc(N2C[C@@H](NC(=O)N3CCN(C=O)CC3)CC2=O)cc1. The normalized spacial score (nSPS) is 20.6. The molecule has 0 unspecified atom stereocenters. The van der Waals surface area contributed by atoms with Gasteiger partial charge in [-0.05, 0) is 24.3 Å². The molecule has 1 N–H and O–H groups in total. The molecule has 2 heterocycles. The number of amides is 4. The third-order valence-corrected chi connectivity index (χ3v) is 4.59. The molecule has 4 amide bonds. The third-order valence-electron chi connectivity index (χ3n) is 4.59. The van der Waals surface area contributed by atoms with Crippen LogP contribution in [0, 0.1) is 0 Å². The van der Waals surface area contributed by atoms with Crippen molar-refractivity contribution in [1.82, 2.24) is 15.1 Å². The van der Waals surface area contributed by atoms with Crippen LogP contribution < -0.4 is 15.0 Å². The lowest BCUT2D eigenvalue weighted by atomic mass is 10.2. The Bertz CT molecular complexity index is 641. The third kappa shape index (κ3) is 3.84. The van der Waals surface area contributed by atoms with Crippen molar-refractivity contribution in [3.63, 3.8) is 0 Å². The zero-order valence-corrected chi connectivity index (χ0v) is 14.2. The highest BCUT2D eigenvalue weighted by Crippen LogP contribution is 2.24. The number of hydrogen-bond donors (Lipinski definition) is 1. The molecule has 2 aliphatic rings. The van der Waals surface area contributed by atoms with E-state index in [1.165, 1.54) is 0 Å². The Balaban J connectivity index is 1.55. The number of hydrogen-bond acceptors (Lipinski definition) is 4. The van der Waals surface area contributed by atoms with E-state index in [1.54, 1.807) is 33.9 Å². The zero-order valence-electron chi connectivity index (χ0n) is 14.2. The van der Waals surface area contributed by atoms with Gasteiger partial charge in [-0.3, -0.25) is 9.59 Å². The maximum absolute atomic E-state index is 12.3. The highest BCUT2D eigenvalue weighted by molar-refractivity contribution is 5.96. The van der Waals surface area contributed by atoms with Crippen molar-refractivity contribution in [2.24, 2.45) is 0 Å². The number of nitrogens with one attached hydrogen (secondary N) is 1. The van der Waals surface area contributed by atoms with E-state index in [4.69, 9.17) is 4.74 Å². The molecule has 0 saturated carbocycles. The second-order valence-electron chi connectivity index (χ2n) is 6.18. The maximum Gasteiger partial charge on any atom is 0.317 e. The Labute approximate surface area is 146 Å². The van der Waals surface area contributed by atoms with Crippen molar-refractivity contribution in [3.05, 3.63) is 24.3 Å². The Morgan fingerprint density at radius 2 is 1.88 bits per heavy atom. The van der Waals surface area contributed by atoms with Crippen molar-refractivity contribution in [2.75, 3.05) is 44.7 Å². The average molecular weight is 346 g/mol. The van der Waals surface area contributed by atoms with Crippen molar-refractivity contribution in [1.29, 1.82) is 0 Å². The van der Waals surface area contributed by atoms with E-state index in [2.05, 4.69) is 5.32 Å². The van der Waals surface area contributed by atoms with E-state index in [-0.39, 0.29) is 24.4 Å². The number of urea groups is 1. The molecule has 2 saturated heterocycles. The summed E-state index contributed by atoms with van der Waals surface area (Å²) in [6.45, 7) is 2.54. The summed E-state index contributed by atoms with van der Waals surface area (Å²) < 4.78 is 5.12. The molecule has 3 rings (SSSR count). The minimum atomic E-state index is -0.216. The molecule has 8 heteroatoms. The van der Waals surface area contributed by atoms with Crippen LogP contribution in [-0.4, -0.2) is 74.0 Å². The Morgan fingerprint density at radius 1 is 1.20 bits per heavy atom. The number of rotatable bonds is 4. The molecule has 0 aliphatic carbocycles. The fourth-order valence-electron chi connectivity index (χ4n) is 3.11. The second kappa shape index (κ2) is 7.42. The molecule has 0 aromatic heterocycles. The van der Waals surface area contributed by atoms with Gasteiger partial charge in [0, 0.05) is 44.8 Å². The average Bonchev–Trinajstić information content (AvgIpc) is 3.02. The number of carbonyl (C=O) groups excluding carboxylic acids is 3. The Hall–Kier alpha value is -2.77. The Kier molecular flexibility index (Phi) is 5.06. The van der Waals surface area contributed by atoms with Gasteiger partial charge in [-0.2, -0.15) is 0 Å². The monoisotopic (exact) mass is 346 g/mol. The van der Waals surface area contributed by atoms with Gasteiger partial charge < -0.3 is 24.8 Å². The van der Waals surface area contributed by atoms with Gasteiger partial charge in [-0.15, -0.1) is 0 Å². The first-order valence-corrected chi connectivity index (χ1v) is 8.30. The van der Waals surface area contributed by atoms with Gasteiger partial charge in [-0.25, -0.2) is 4.79 Å². The summed E-state index contributed by atoms with van der Waals surface area (Å²) in [7, 11) is 1.59. The van der Waals surface area contributed by atoms with Gasteiger partial charge in [0.15, 0.2) is 0 Å². The highest BCUT2D eigenvalue weighted by Gasteiger charge is 2.33. The van der Waals surface area contributed by atoms with Crippen LogP contribution in [0.5, 0.6) is 5.75 Å². The van der Waals surface area contributed by atoms with E-state index >= 15 is 0 Å². The lowest BCUT2D eigenvalue weighted by Gasteiger charge is -2.33. The molecule has 1 aromatic carbocycles. The fraction of sp³-hybridized carbons (Fsp3) is 0.471. The summed E-state index contributed by atoms with van der Waals surface area (Å²) in [5.41, 5.74) is 0.794. The van der Waals surface area contributed by atoms with E-state index < -0.39 is 0 Å². The predicted molar refractivity (Wildman–Crippen MR) is 91.5 cm³/mol. The van der Waals surface area contributed by atoms with Gasteiger partial charge in [0.25, 0.3) is 0 Å². The topological polar surface area (TPSA) is 82.2 Å². The van der Waals surface area contributed by atoms with Crippen molar-refractivity contribution >= 4 is 24.0 Å². The first kappa shape index (κ1) is 17.1. The molecular weight excluding hydrogens is 324 g/mol. The quantitative estimate of drug-likeness (QED) is 0.794. The molecule has 25 heavy (non-hydrogen) atoms. The van der Waals surface area contributed by atoms with Gasteiger partial charge >= 0.3 is 6.03 Å². The molecule has 8 nitrogen and oxygen atoms in total. The van der Waals surface area contributed by atoms with Crippen LogP contribution >= 0.6 is 0 Å². The number of methoxy groups -OCH3 is 1. The maximum atomic E-state index is 12.3. The minimum Gasteiger partial charge on any atom is -0.497 e. The molecule has 2 aliphatic heterocycles. The van der Waals surface area contributed by atoms with Crippen molar-refractivity contribution < 1.29 is 19.1 Å². The zero-order chi connectivity index (χ0) is 17.8. The summed E-state index contributed by atoms with van der Waals surface area (Å²) in [4.78, 5) is 40.3. The molecule has 1 atom stereocenters. The molecular formula is C17H22N4O4. The molecule has 1 aromatic rings. The van der Waals surface area contributed by atoms with E-state index in [1.807, 2.05) is 12.1 Å². The molecule has 134 valence electrons. The summed E-state index contributed by atoms with van der Waals surface area (Å²) in [5.74, 6) is 0.718. The van der Waals surface area contributed by atoms with Gasteiger partial charge in [0.2, 0.25) is 12.3 Å². The highest BCUT2D eigenvalue weighted by atomic mass is 16.5. The lowest BCUT2D eigenvalue weighted by molar-refractivity contribution is -0.119. The summed E-state index contributed by atoms with van der Waals surface area (Å²) >= 11 is 0. The lowest BCUT2D eigenvalue weighted by Crippen LogP contribution is -2.53. The summed E-state index contributed by atoms with van der Waals surface area (Å²) in [5, 5.41) is 2.93. The standard InChI is InChI=1S/C17H22N4O4/c1-25-15-4-2-14(3-5-15)21-11-13(10-16(21)23)18-17(24)20-8-6-19(12-22)7-9-20/h2-5,12-13H,6-11H2,1H3,(H,18,24)/t13-/m0/s1. The number of benzene rings is 1. The number of anilines is 1. The van der Waals surface area contributed by atoms with Gasteiger partial charge in [-0.1, -0.05) is 0 Å². The fourth-order valence-corrected chi connectivity index (χ4v) is 3.11. The van der Waals surface area contributed by atoms with Crippen LogP contribution in [0.15, 0.2) is 24.3 Å². The van der Waals surface area contributed by atoms with E-state index in [9.17, 15) is 14.4 Å². The minimum absolute atomic E-state index is 0.0127. The molecule has 2 fully saturated rings. The van der Waals surface area contributed by atoms with Gasteiger partial charge in [0.1, 0.15) is 5.75 Å².